The maximum atomic E-state index is 13.0. The summed E-state index contributed by atoms with van der Waals surface area (Å²) in [4.78, 5) is 13.9. The third kappa shape index (κ3) is 3.91. The van der Waals surface area contributed by atoms with Gasteiger partial charge in [-0.2, -0.15) is 0 Å². The molecule has 0 bridgehead atoms. The number of piperidine rings is 1. The van der Waals surface area contributed by atoms with E-state index in [1.54, 1.807) is 0 Å². The molecule has 1 aromatic carbocycles. The summed E-state index contributed by atoms with van der Waals surface area (Å²) in [5.74, 6) is -0.517. The molecule has 0 radical (unpaired) electrons. The average Bonchev–Trinajstić information content (AvgIpc) is 2.38. The van der Waals surface area contributed by atoms with E-state index in [4.69, 9.17) is 11.6 Å². The van der Waals surface area contributed by atoms with Crippen LogP contribution >= 0.6 is 11.6 Å². The number of amides is 1. The van der Waals surface area contributed by atoms with E-state index in [0.717, 1.165) is 0 Å². The third-order valence-electron chi connectivity index (χ3n) is 3.51. The fourth-order valence-electron chi connectivity index (χ4n) is 2.34. The zero-order valence-corrected chi connectivity index (χ0v) is 12.0. The van der Waals surface area contributed by atoms with Crippen LogP contribution in [-0.4, -0.2) is 41.7 Å². The van der Waals surface area contributed by atoms with E-state index in [2.05, 4.69) is 5.32 Å². The summed E-state index contributed by atoms with van der Waals surface area (Å²) < 4.78 is 13.0. The molecule has 1 aliphatic rings. The van der Waals surface area contributed by atoms with Crippen LogP contribution in [0.5, 0.6) is 0 Å². The van der Waals surface area contributed by atoms with Crippen LogP contribution in [0.1, 0.15) is 13.3 Å². The van der Waals surface area contributed by atoms with Gasteiger partial charge in [0.2, 0.25) is 5.91 Å². The molecule has 1 fully saturated rings. The largest absolute Gasteiger partial charge is 0.393 e. The quantitative estimate of drug-likeness (QED) is 0.899. The number of benzene rings is 1. The summed E-state index contributed by atoms with van der Waals surface area (Å²) in [5.41, 5.74) is 0.478. The molecule has 2 N–H and O–H groups in total. The lowest BCUT2D eigenvalue weighted by Gasteiger charge is -2.33. The van der Waals surface area contributed by atoms with Crippen LogP contribution in [0.2, 0.25) is 5.02 Å². The Balaban J connectivity index is 1.87. The lowest BCUT2D eigenvalue weighted by molar-refractivity contribution is -0.118. The minimum absolute atomic E-state index is 0.0162. The van der Waals surface area contributed by atoms with Crippen LogP contribution in [0.15, 0.2) is 18.2 Å². The minimum atomic E-state index is -0.511. The molecule has 1 saturated heterocycles. The Kier molecular flexibility index (Phi) is 4.96. The van der Waals surface area contributed by atoms with Gasteiger partial charge in [0.15, 0.2) is 0 Å². The van der Waals surface area contributed by atoms with E-state index >= 15 is 0 Å². The van der Waals surface area contributed by atoms with Crippen LogP contribution in [0.25, 0.3) is 0 Å². The molecular formula is C14H18ClFN2O2. The van der Waals surface area contributed by atoms with Gasteiger partial charge in [-0.1, -0.05) is 18.5 Å². The highest BCUT2D eigenvalue weighted by Crippen LogP contribution is 2.20. The van der Waals surface area contributed by atoms with Gasteiger partial charge in [0.1, 0.15) is 5.82 Å². The smallest absolute Gasteiger partial charge is 0.238 e. The predicted octanol–water partition coefficient (Wildman–Crippen LogP) is 2.12. The number of carbonyl (C=O) groups is 1. The maximum absolute atomic E-state index is 13.0. The standard InChI is InChI=1S/C14H18ClFN2O2/c1-9-7-18(5-4-13(9)19)8-14(20)17-10-2-3-12(16)11(15)6-10/h2-3,6,9,13,19H,4-5,7-8H2,1H3,(H,17,20). The first-order chi connectivity index (χ1) is 9.45. The highest BCUT2D eigenvalue weighted by atomic mass is 35.5. The molecule has 0 aliphatic carbocycles. The summed E-state index contributed by atoms with van der Waals surface area (Å²) in [6.45, 7) is 3.61. The van der Waals surface area contributed by atoms with Gasteiger partial charge in [-0.15, -0.1) is 0 Å². The minimum Gasteiger partial charge on any atom is -0.393 e. The van der Waals surface area contributed by atoms with Gasteiger partial charge in [-0.25, -0.2) is 4.39 Å². The van der Waals surface area contributed by atoms with Crippen molar-refractivity contribution in [2.45, 2.75) is 19.4 Å². The second-order valence-corrected chi connectivity index (χ2v) is 5.65. The molecular weight excluding hydrogens is 283 g/mol. The fraction of sp³-hybridized carbons (Fsp3) is 0.500. The molecule has 0 aromatic heterocycles. The highest BCUT2D eigenvalue weighted by Gasteiger charge is 2.25. The van der Waals surface area contributed by atoms with Gasteiger partial charge in [0.05, 0.1) is 17.7 Å². The summed E-state index contributed by atoms with van der Waals surface area (Å²) in [6, 6.07) is 4.08. The molecule has 0 saturated carbocycles. The predicted molar refractivity (Wildman–Crippen MR) is 76.3 cm³/mol. The molecule has 2 atom stereocenters. The number of carbonyl (C=O) groups excluding carboxylic acids is 1. The summed E-state index contributed by atoms with van der Waals surface area (Å²) in [6.07, 6.45) is 0.391. The summed E-state index contributed by atoms with van der Waals surface area (Å²) >= 11 is 5.66. The molecule has 2 rings (SSSR count). The van der Waals surface area contributed by atoms with E-state index in [1.165, 1.54) is 18.2 Å². The van der Waals surface area contributed by atoms with Gasteiger partial charge >= 0.3 is 0 Å². The molecule has 1 aromatic rings. The van der Waals surface area contributed by atoms with Gasteiger partial charge in [-0.3, -0.25) is 9.69 Å². The second kappa shape index (κ2) is 6.52. The number of aliphatic hydroxyl groups is 1. The van der Waals surface area contributed by atoms with Gasteiger partial charge in [-0.05, 0) is 30.5 Å². The third-order valence-corrected chi connectivity index (χ3v) is 3.80. The maximum Gasteiger partial charge on any atom is 0.238 e. The number of hydrogen-bond donors (Lipinski definition) is 2. The Hall–Kier alpha value is -1.17. The van der Waals surface area contributed by atoms with Gasteiger partial charge in [0, 0.05) is 18.8 Å². The molecule has 1 aliphatic heterocycles. The SMILES string of the molecule is CC1CN(CC(=O)Nc2ccc(F)c(Cl)c2)CCC1O. The normalized spacial score (nSPS) is 23.6. The van der Waals surface area contributed by atoms with Gasteiger partial charge in [0.25, 0.3) is 0 Å². The number of likely N-dealkylation sites (tertiary alicyclic amines) is 1. The van der Waals surface area contributed by atoms with Crippen molar-refractivity contribution < 1.29 is 14.3 Å². The summed E-state index contributed by atoms with van der Waals surface area (Å²) in [5, 5.41) is 12.3. The molecule has 0 spiro atoms. The van der Waals surface area contributed by atoms with Crippen LogP contribution in [0.4, 0.5) is 10.1 Å². The van der Waals surface area contributed by atoms with E-state index in [9.17, 15) is 14.3 Å². The highest BCUT2D eigenvalue weighted by molar-refractivity contribution is 6.31. The van der Waals surface area contributed by atoms with Crippen LogP contribution in [0, 0.1) is 11.7 Å². The van der Waals surface area contributed by atoms with Crippen molar-refractivity contribution in [1.82, 2.24) is 4.90 Å². The van der Waals surface area contributed by atoms with Crippen molar-refractivity contribution in [1.29, 1.82) is 0 Å². The lowest BCUT2D eigenvalue weighted by Crippen LogP contribution is -2.45. The first-order valence-electron chi connectivity index (χ1n) is 6.61. The zero-order valence-electron chi connectivity index (χ0n) is 11.3. The second-order valence-electron chi connectivity index (χ2n) is 5.25. The lowest BCUT2D eigenvalue weighted by atomic mass is 9.97. The number of aliphatic hydroxyl groups excluding tert-OH is 1. The van der Waals surface area contributed by atoms with Crippen molar-refractivity contribution in [2.24, 2.45) is 5.92 Å². The van der Waals surface area contributed by atoms with E-state index in [-0.39, 0.29) is 29.5 Å². The Morgan fingerprint density at radius 1 is 1.60 bits per heavy atom. The van der Waals surface area contributed by atoms with Crippen LogP contribution in [0.3, 0.4) is 0 Å². The molecule has 20 heavy (non-hydrogen) atoms. The molecule has 4 nitrogen and oxygen atoms in total. The number of halogens is 2. The molecule has 1 amide bonds. The van der Waals surface area contributed by atoms with E-state index < -0.39 is 5.82 Å². The number of nitrogens with zero attached hydrogens (tertiary/aromatic N) is 1. The monoisotopic (exact) mass is 300 g/mol. The Labute approximate surface area is 122 Å². The Morgan fingerprint density at radius 3 is 3.00 bits per heavy atom. The number of rotatable bonds is 3. The first kappa shape index (κ1) is 15.2. The van der Waals surface area contributed by atoms with Crippen LogP contribution < -0.4 is 5.32 Å². The number of anilines is 1. The molecule has 1 heterocycles. The number of nitrogens with one attached hydrogen (secondary N) is 1. The molecule has 2 unspecified atom stereocenters. The molecule has 110 valence electrons. The fourth-order valence-corrected chi connectivity index (χ4v) is 2.52. The zero-order chi connectivity index (χ0) is 14.7. The average molecular weight is 301 g/mol. The topological polar surface area (TPSA) is 52.6 Å². The van der Waals surface area contributed by atoms with Crippen molar-refractivity contribution >= 4 is 23.2 Å². The van der Waals surface area contributed by atoms with Crippen molar-refractivity contribution in [3.63, 3.8) is 0 Å². The van der Waals surface area contributed by atoms with Crippen LogP contribution in [-0.2, 0) is 4.79 Å². The Bertz CT molecular complexity index is 498. The Morgan fingerprint density at radius 2 is 2.35 bits per heavy atom. The first-order valence-corrected chi connectivity index (χ1v) is 6.99. The number of hydrogen-bond acceptors (Lipinski definition) is 3. The van der Waals surface area contributed by atoms with E-state index in [1.807, 2.05) is 11.8 Å². The van der Waals surface area contributed by atoms with Crippen molar-refractivity contribution in [3.8, 4) is 0 Å². The summed E-state index contributed by atoms with van der Waals surface area (Å²) in [7, 11) is 0. The van der Waals surface area contributed by atoms with Crippen molar-refractivity contribution in [3.05, 3.63) is 29.0 Å². The van der Waals surface area contributed by atoms with Gasteiger partial charge < -0.3 is 10.4 Å². The van der Waals surface area contributed by atoms with Crippen molar-refractivity contribution in [2.75, 3.05) is 25.0 Å². The molecule has 6 heteroatoms. The van der Waals surface area contributed by atoms with E-state index in [0.29, 0.717) is 25.2 Å².